The maximum atomic E-state index is 12.9. The summed E-state index contributed by atoms with van der Waals surface area (Å²) in [6.45, 7) is 5.99. The Morgan fingerprint density at radius 1 is 1.36 bits per heavy atom. The van der Waals surface area contributed by atoms with Crippen molar-refractivity contribution in [1.82, 2.24) is 14.7 Å². The lowest BCUT2D eigenvalue weighted by Crippen LogP contribution is -2.45. The van der Waals surface area contributed by atoms with E-state index in [0.717, 1.165) is 12.0 Å². The van der Waals surface area contributed by atoms with E-state index in [9.17, 15) is 4.79 Å². The van der Waals surface area contributed by atoms with Crippen LogP contribution in [0.15, 0.2) is 24.3 Å². The fraction of sp³-hybridized carbons (Fsp3) is 0.444. The van der Waals surface area contributed by atoms with Crippen molar-refractivity contribution in [2.24, 2.45) is 0 Å². The van der Waals surface area contributed by atoms with Gasteiger partial charge in [-0.15, -0.1) is 0 Å². The molecule has 7 heteroatoms. The number of halogens is 2. The highest BCUT2D eigenvalue weighted by atomic mass is 35.5. The maximum absolute atomic E-state index is 12.9. The van der Waals surface area contributed by atoms with Crippen LogP contribution in [0, 0.1) is 6.92 Å². The number of carbonyl (C=O) groups is 1. The fourth-order valence-corrected chi connectivity index (χ4v) is 3.51. The number of hydrogen-bond acceptors (Lipinski definition) is 3. The number of ether oxygens (including phenoxy) is 1. The van der Waals surface area contributed by atoms with Gasteiger partial charge >= 0.3 is 0 Å². The zero-order valence-corrected chi connectivity index (χ0v) is 15.8. The molecule has 0 N–H and O–H groups in total. The van der Waals surface area contributed by atoms with E-state index in [1.54, 1.807) is 16.5 Å². The lowest BCUT2D eigenvalue weighted by atomic mass is 10.1. The Morgan fingerprint density at radius 3 is 2.84 bits per heavy atom. The highest BCUT2D eigenvalue weighted by Crippen LogP contribution is 2.25. The molecule has 2 heterocycles. The van der Waals surface area contributed by atoms with E-state index < -0.39 is 0 Å². The lowest BCUT2D eigenvalue weighted by molar-refractivity contribution is -0.0226. The number of morpholine rings is 1. The Hall–Kier alpha value is -1.56. The highest BCUT2D eigenvalue weighted by molar-refractivity contribution is 6.33. The summed E-state index contributed by atoms with van der Waals surface area (Å²) in [5, 5.41) is 5.45. The molecule has 2 aromatic rings. The van der Waals surface area contributed by atoms with Crippen molar-refractivity contribution in [2.75, 3.05) is 19.7 Å². The number of aromatic nitrogens is 2. The largest absolute Gasteiger partial charge is 0.375 e. The first-order valence-electron chi connectivity index (χ1n) is 8.38. The number of carbonyl (C=O) groups excluding carboxylic acids is 1. The van der Waals surface area contributed by atoms with Gasteiger partial charge in [-0.3, -0.25) is 4.79 Å². The van der Waals surface area contributed by atoms with Crippen LogP contribution < -0.4 is 0 Å². The Kier molecular flexibility index (Phi) is 5.67. The van der Waals surface area contributed by atoms with Crippen molar-refractivity contribution in [3.05, 3.63) is 51.3 Å². The van der Waals surface area contributed by atoms with E-state index in [0.29, 0.717) is 47.7 Å². The van der Waals surface area contributed by atoms with Gasteiger partial charge in [0.1, 0.15) is 5.15 Å². The van der Waals surface area contributed by atoms with Gasteiger partial charge in [0, 0.05) is 18.1 Å². The van der Waals surface area contributed by atoms with Gasteiger partial charge in [0.15, 0.2) is 0 Å². The third kappa shape index (κ3) is 3.84. The second-order valence-electron chi connectivity index (χ2n) is 6.15. The normalized spacial score (nSPS) is 17.8. The average Bonchev–Trinajstić information content (AvgIpc) is 2.90. The first-order chi connectivity index (χ1) is 12.0. The van der Waals surface area contributed by atoms with Gasteiger partial charge in [0.05, 0.1) is 30.5 Å². The standard InChI is InChI=1S/C18H21Cl2N3O2/c1-3-14-11-22(8-9-25-14)18(24)16-12(2)21-23(17(16)20)10-13-6-4-5-7-15(13)19/h4-7,14H,3,8-11H2,1-2H3/t14-/m0/s1. The molecule has 3 rings (SSSR count). The molecule has 0 bridgehead atoms. The summed E-state index contributed by atoms with van der Waals surface area (Å²) in [5.74, 6) is -0.0883. The number of aryl methyl sites for hydroxylation is 1. The molecular formula is C18H21Cl2N3O2. The molecule has 1 aliphatic rings. The molecule has 1 fully saturated rings. The van der Waals surface area contributed by atoms with Crippen molar-refractivity contribution < 1.29 is 9.53 Å². The number of hydrogen-bond donors (Lipinski definition) is 0. The molecule has 1 aromatic heterocycles. The van der Waals surface area contributed by atoms with Gasteiger partial charge in [0.25, 0.3) is 5.91 Å². The summed E-state index contributed by atoms with van der Waals surface area (Å²) < 4.78 is 7.27. The minimum atomic E-state index is -0.0883. The van der Waals surface area contributed by atoms with Crippen LogP contribution in [0.5, 0.6) is 0 Å². The van der Waals surface area contributed by atoms with Gasteiger partial charge < -0.3 is 9.64 Å². The van der Waals surface area contributed by atoms with Crippen molar-refractivity contribution in [3.8, 4) is 0 Å². The molecule has 1 aliphatic heterocycles. The van der Waals surface area contributed by atoms with Crippen LogP contribution in [-0.4, -0.2) is 46.4 Å². The zero-order valence-electron chi connectivity index (χ0n) is 14.3. The Bertz CT molecular complexity index is 776. The molecule has 0 aliphatic carbocycles. The molecule has 1 amide bonds. The lowest BCUT2D eigenvalue weighted by Gasteiger charge is -2.32. The number of benzene rings is 1. The third-order valence-electron chi connectivity index (χ3n) is 4.44. The molecule has 0 radical (unpaired) electrons. The van der Waals surface area contributed by atoms with E-state index in [1.165, 1.54) is 0 Å². The Morgan fingerprint density at radius 2 is 2.12 bits per heavy atom. The van der Waals surface area contributed by atoms with E-state index >= 15 is 0 Å². The average molecular weight is 382 g/mol. The maximum Gasteiger partial charge on any atom is 0.259 e. The van der Waals surface area contributed by atoms with Crippen LogP contribution in [0.25, 0.3) is 0 Å². The Balaban J connectivity index is 1.84. The minimum Gasteiger partial charge on any atom is -0.375 e. The van der Waals surface area contributed by atoms with E-state index in [4.69, 9.17) is 27.9 Å². The van der Waals surface area contributed by atoms with Crippen LogP contribution in [0.4, 0.5) is 0 Å². The van der Waals surface area contributed by atoms with Crippen LogP contribution in [0.2, 0.25) is 10.2 Å². The monoisotopic (exact) mass is 381 g/mol. The van der Waals surface area contributed by atoms with Crippen molar-refractivity contribution in [2.45, 2.75) is 32.9 Å². The first-order valence-corrected chi connectivity index (χ1v) is 9.14. The first kappa shape index (κ1) is 18.2. The second-order valence-corrected chi connectivity index (χ2v) is 6.92. The highest BCUT2D eigenvalue weighted by Gasteiger charge is 2.29. The fourth-order valence-electron chi connectivity index (χ4n) is 3.00. The molecule has 1 atom stereocenters. The molecule has 0 saturated carbocycles. The molecule has 0 unspecified atom stereocenters. The quantitative estimate of drug-likeness (QED) is 0.808. The number of amides is 1. The summed E-state index contributed by atoms with van der Waals surface area (Å²) in [6.07, 6.45) is 0.956. The molecule has 1 aromatic carbocycles. The summed E-state index contributed by atoms with van der Waals surface area (Å²) in [6, 6.07) is 7.53. The zero-order chi connectivity index (χ0) is 18.0. The topological polar surface area (TPSA) is 47.4 Å². The molecule has 1 saturated heterocycles. The van der Waals surface area contributed by atoms with Crippen molar-refractivity contribution in [1.29, 1.82) is 0 Å². The predicted molar refractivity (Wildman–Crippen MR) is 98.5 cm³/mol. The van der Waals surface area contributed by atoms with Gasteiger partial charge in [-0.05, 0) is 25.0 Å². The second kappa shape index (κ2) is 7.77. The SMILES string of the molecule is CC[C@H]1CN(C(=O)c2c(C)nn(Cc3ccccc3Cl)c2Cl)CCO1. The summed E-state index contributed by atoms with van der Waals surface area (Å²) in [7, 11) is 0. The van der Waals surface area contributed by atoms with E-state index in [1.807, 2.05) is 24.3 Å². The number of rotatable bonds is 4. The molecule has 0 spiro atoms. The molecular weight excluding hydrogens is 361 g/mol. The van der Waals surface area contributed by atoms with Gasteiger partial charge in [-0.25, -0.2) is 4.68 Å². The van der Waals surface area contributed by atoms with Gasteiger partial charge in [-0.2, -0.15) is 5.10 Å². The van der Waals surface area contributed by atoms with E-state index in [-0.39, 0.29) is 12.0 Å². The molecule has 25 heavy (non-hydrogen) atoms. The smallest absolute Gasteiger partial charge is 0.259 e. The van der Waals surface area contributed by atoms with Crippen molar-refractivity contribution >= 4 is 29.1 Å². The van der Waals surface area contributed by atoms with Gasteiger partial charge in [0.2, 0.25) is 0 Å². The van der Waals surface area contributed by atoms with Crippen LogP contribution in [0.3, 0.4) is 0 Å². The Labute approximate surface area is 157 Å². The van der Waals surface area contributed by atoms with E-state index in [2.05, 4.69) is 12.0 Å². The van der Waals surface area contributed by atoms with Crippen molar-refractivity contribution in [3.63, 3.8) is 0 Å². The summed E-state index contributed by atoms with van der Waals surface area (Å²) in [4.78, 5) is 14.7. The summed E-state index contributed by atoms with van der Waals surface area (Å²) >= 11 is 12.7. The number of nitrogens with zero attached hydrogens (tertiary/aromatic N) is 3. The third-order valence-corrected chi connectivity index (χ3v) is 5.19. The predicted octanol–water partition coefficient (Wildman–Crippen LogP) is 3.80. The minimum absolute atomic E-state index is 0.0787. The molecule has 134 valence electrons. The van der Waals surface area contributed by atoms with Crippen LogP contribution >= 0.6 is 23.2 Å². The van der Waals surface area contributed by atoms with Crippen LogP contribution in [-0.2, 0) is 11.3 Å². The molecule has 5 nitrogen and oxygen atoms in total. The van der Waals surface area contributed by atoms with Crippen LogP contribution in [0.1, 0.15) is 35.0 Å². The summed E-state index contributed by atoms with van der Waals surface area (Å²) in [5.41, 5.74) is 2.00. The van der Waals surface area contributed by atoms with Gasteiger partial charge in [-0.1, -0.05) is 48.3 Å².